The van der Waals surface area contributed by atoms with Crippen molar-refractivity contribution in [3.8, 4) is 0 Å². The quantitative estimate of drug-likeness (QED) is 0.558. The zero-order valence-electron chi connectivity index (χ0n) is 13.6. The summed E-state index contributed by atoms with van der Waals surface area (Å²) >= 11 is 2.21. The summed E-state index contributed by atoms with van der Waals surface area (Å²) in [5.74, 6) is -0.892. The van der Waals surface area contributed by atoms with Crippen molar-refractivity contribution in [2.24, 2.45) is 5.92 Å². The number of halogens is 1. The molecular formula is C19H17IN2O3. The number of amides is 3. The van der Waals surface area contributed by atoms with Crippen molar-refractivity contribution in [2.75, 3.05) is 5.32 Å². The number of carbonyl (C=O) groups is 3. The minimum atomic E-state index is -0.303. The van der Waals surface area contributed by atoms with E-state index in [0.29, 0.717) is 17.7 Å². The Morgan fingerprint density at radius 2 is 1.92 bits per heavy atom. The van der Waals surface area contributed by atoms with Crippen molar-refractivity contribution in [3.63, 3.8) is 0 Å². The second-order valence-electron chi connectivity index (χ2n) is 6.13. The highest BCUT2D eigenvalue weighted by atomic mass is 127. The van der Waals surface area contributed by atoms with Gasteiger partial charge in [0.2, 0.25) is 11.8 Å². The van der Waals surface area contributed by atoms with Gasteiger partial charge in [0.1, 0.15) is 0 Å². The zero-order valence-corrected chi connectivity index (χ0v) is 15.8. The first-order chi connectivity index (χ1) is 11.9. The summed E-state index contributed by atoms with van der Waals surface area (Å²) < 4.78 is 1.05. The first-order valence-electron chi connectivity index (χ1n) is 7.92. The smallest absolute Gasteiger partial charge is 0.255 e. The van der Waals surface area contributed by atoms with Gasteiger partial charge in [0, 0.05) is 21.2 Å². The maximum absolute atomic E-state index is 12.3. The fourth-order valence-corrected chi connectivity index (χ4v) is 3.23. The minimum absolute atomic E-state index is 0.161. The Hall–Kier alpha value is -2.22. The average molecular weight is 448 g/mol. The predicted octanol–water partition coefficient (Wildman–Crippen LogP) is 3.06. The second kappa shape index (κ2) is 7.35. The normalized spacial score (nSPS) is 16.6. The van der Waals surface area contributed by atoms with E-state index >= 15 is 0 Å². The third-order valence-corrected chi connectivity index (χ3v) is 5.36. The maximum atomic E-state index is 12.3. The largest absolute Gasteiger partial charge is 0.322 e. The maximum Gasteiger partial charge on any atom is 0.255 e. The Balaban J connectivity index is 1.64. The lowest BCUT2D eigenvalue weighted by molar-refractivity contribution is -0.125. The number of imide groups is 1. The van der Waals surface area contributed by atoms with Gasteiger partial charge in [-0.25, -0.2) is 0 Å². The number of benzene rings is 2. The van der Waals surface area contributed by atoms with Crippen LogP contribution in [0.15, 0.2) is 42.5 Å². The van der Waals surface area contributed by atoms with E-state index in [-0.39, 0.29) is 30.1 Å². The molecule has 3 rings (SSSR count). The molecule has 2 aromatic carbocycles. The standard InChI is InChI=1S/C19H17IN2O3/c1-11-2-5-13(9-16(11)20)18(24)21-15-6-3-12(4-7-15)8-14-10-17(23)22-19(14)25/h2-7,9,14H,8,10H2,1H3,(H,21,24)(H,22,23,25). The van der Waals surface area contributed by atoms with E-state index < -0.39 is 0 Å². The van der Waals surface area contributed by atoms with Crippen LogP contribution < -0.4 is 10.6 Å². The van der Waals surface area contributed by atoms with Crippen LogP contribution in [-0.4, -0.2) is 17.7 Å². The van der Waals surface area contributed by atoms with Crippen LogP contribution in [0.2, 0.25) is 0 Å². The molecule has 5 nitrogen and oxygen atoms in total. The molecule has 1 fully saturated rings. The highest BCUT2D eigenvalue weighted by Crippen LogP contribution is 2.20. The summed E-state index contributed by atoms with van der Waals surface area (Å²) in [5, 5.41) is 5.18. The van der Waals surface area contributed by atoms with E-state index in [2.05, 4.69) is 33.2 Å². The van der Waals surface area contributed by atoms with E-state index in [1.54, 1.807) is 18.2 Å². The van der Waals surface area contributed by atoms with Crippen LogP contribution in [0.5, 0.6) is 0 Å². The van der Waals surface area contributed by atoms with Gasteiger partial charge in [-0.05, 0) is 71.3 Å². The molecule has 0 bridgehead atoms. The number of nitrogens with one attached hydrogen (secondary N) is 2. The lowest BCUT2D eigenvalue weighted by atomic mass is 9.98. The molecule has 0 saturated carbocycles. The van der Waals surface area contributed by atoms with E-state index in [1.807, 2.05) is 31.2 Å². The van der Waals surface area contributed by atoms with Crippen molar-refractivity contribution >= 4 is 46.0 Å². The number of hydrogen-bond donors (Lipinski definition) is 2. The van der Waals surface area contributed by atoms with Crippen molar-refractivity contribution in [3.05, 3.63) is 62.7 Å². The molecule has 2 N–H and O–H groups in total. The fraction of sp³-hybridized carbons (Fsp3) is 0.211. The van der Waals surface area contributed by atoms with E-state index in [1.165, 1.54) is 0 Å². The lowest BCUT2D eigenvalue weighted by Crippen LogP contribution is -2.22. The van der Waals surface area contributed by atoms with E-state index in [4.69, 9.17) is 0 Å². The van der Waals surface area contributed by atoms with Crippen LogP contribution in [0.25, 0.3) is 0 Å². The lowest BCUT2D eigenvalue weighted by Gasteiger charge is -2.09. The second-order valence-corrected chi connectivity index (χ2v) is 7.29. The van der Waals surface area contributed by atoms with Crippen molar-refractivity contribution in [1.29, 1.82) is 0 Å². The van der Waals surface area contributed by atoms with Gasteiger partial charge >= 0.3 is 0 Å². The molecule has 1 heterocycles. The third kappa shape index (κ3) is 4.25. The van der Waals surface area contributed by atoms with Gasteiger partial charge in [0.05, 0.1) is 5.92 Å². The summed E-state index contributed by atoms with van der Waals surface area (Å²) in [6.45, 7) is 2.00. The van der Waals surface area contributed by atoms with Gasteiger partial charge in [-0.3, -0.25) is 19.7 Å². The van der Waals surface area contributed by atoms with Crippen molar-refractivity contribution < 1.29 is 14.4 Å². The fourth-order valence-electron chi connectivity index (χ4n) is 2.72. The van der Waals surface area contributed by atoms with Gasteiger partial charge in [0.15, 0.2) is 0 Å². The van der Waals surface area contributed by atoms with Crippen molar-refractivity contribution in [1.82, 2.24) is 5.32 Å². The first kappa shape index (κ1) is 17.6. The molecule has 25 heavy (non-hydrogen) atoms. The van der Waals surface area contributed by atoms with Crippen LogP contribution in [0.4, 0.5) is 5.69 Å². The average Bonchev–Trinajstić information content (AvgIpc) is 2.89. The Labute approximate surface area is 159 Å². The molecule has 1 atom stereocenters. The Morgan fingerprint density at radius 3 is 2.52 bits per heavy atom. The topological polar surface area (TPSA) is 75.3 Å². The van der Waals surface area contributed by atoms with Gasteiger partial charge in [-0.2, -0.15) is 0 Å². The molecule has 6 heteroatoms. The zero-order chi connectivity index (χ0) is 18.0. The highest BCUT2D eigenvalue weighted by molar-refractivity contribution is 14.1. The third-order valence-electron chi connectivity index (χ3n) is 4.19. The first-order valence-corrected chi connectivity index (χ1v) is 9.00. The Kier molecular flexibility index (Phi) is 5.17. The summed E-state index contributed by atoms with van der Waals surface area (Å²) in [5.41, 5.74) is 3.39. The van der Waals surface area contributed by atoms with Gasteiger partial charge < -0.3 is 5.32 Å². The molecule has 0 spiro atoms. The van der Waals surface area contributed by atoms with Crippen LogP contribution in [0, 0.1) is 16.4 Å². The number of anilines is 1. The number of carbonyl (C=O) groups excluding carboxylic acids is 3. The molecular weight excluding hydrogens is 431 g/mol. The molecule has 3 amide bonds. The molecule has 2 aromatic rings. The molecule has 1 aliphatic rings. The van der Waals surface area contributed by atoms with Gasteiger partial charge in [0.25, 0.3) is 5.91 Å². The Bertz CT molecular complexity index is 846. The summed E-state index contributed by atoms with van der Waals surface area (Å²) in [6.07, 6.45) is 0.755. The minimum Gasteiger partial charge on any atom is -0.322 e. The predicted molar refractivity (Wildman–Crippen MR) is 103 cm³/mol. The number of aryl methyl sites for hydroxylation is 1. The van der Waals surface area contributed by atoms with Crippen LogP contribution in [0.3, 0.4) is 0 Å². The molecule has 0 aromatic heterocycles. The van der Waals surface area contributed by atoms with Crippen LogP contribution in [-0.2, 0) is 16.0 Å². The summed E-state index contributed by atoms with van der Waals surface area (Å²) in [6, 6.07) is 12.9. The molecule has 0 aliphatic carbocycles. The number of hydrogen-bond acceptors (Lipinski definition) is 3. The molecule has 128 valence electrons. The SMILES string of the molecule is Cc1ccc(C(=O)Nc2ccc(CC3CC(=O)NC3=O)cc2)cc1I. The Morgan fingerprint density at radius 1 is 1.20 bits per heavy atom. The molecule has 1 unspecified atom stereocenters. The van der Waals surface area contributed by atoms with E-state index in [9.17, 15) is 14.4 Å². The van der Waals surface area contributed by atoms with E-state index in [0.717, 1.165) is 14.7 Å². The summed E-state index contributed by atoms with van der Waals surface area (Å²) in [4.78, 5) is 35.2. The van der Waals surface area contributed by atoms with Gasteiger partial charge in [-0.15, -0.1) is 0 Å². The molecule has 1 aliphatic heterocycles. The monoisotopic (exact) mass is 448 g/mol. The molecule has 1 saturated heterocycles. The van der Waals surface area contributed by atoms with Crippen LogP contribution in [0.1, 0.15) is 27.9 Å². The number of rotatable bonds is 4. The summed E-state index contributed by atoms with van der Waals surface area (Å²) in [7, 11) is 0. The molecule has 0 radical (unpaired) electrons. The van der Waals surface area contributed by atoms with Gasteiger partial charge in [-0.1, -0.05) is 18.2 Å². The van der Waals surface area contributed by atoms with Crippen molar-refractivity contribution in [2.45, 2.75) is 19.8 Å². The highest BCUT2D eigenvalue weighted by Gasteiger charge is 2.30. The van der Waals surface area contributed by atoms with Crippen LogP contribution >= 0.6 is 22.6 Å².